The summed E-state index contributed by atoms with van der Waals surface area (Å²) in [5.41, 5.74) is 1.57. The summed E-state index contributed by atoms with van der Waals surface area (Å²) in [6.45, 7) is -0.0594. The van der Waals surface area contributed by atoms with E-state index in [1.165, 1.54) is 0 Å². The molecular formula is C15H11BrN2O2. The van der Waals surface area contributed by atoms with E-state index in [-0.39, 0.29) is 6.61 Å². The van der Waals surface area contributed by atoms with Gasteiger partial charge in [0.2, 0.25) is 5.88 Å². The zero-order valence-electron chi connectivity index (χ0n) is 10.5. The SMILES string of the molecule is OCc1cc(Oc2cncc(Br)c2)nc2ccccc12. The van der Waals surface area contributed by atoms with Gasteiger partial charge in [-0.25, -0.2) is 4.98 Å². The molecule has 0 bridgehead atoms. The van der Waals surface area contributed by atoms with Crippen LogP contribution in [0.25, 0.3) is 10.9 Å². The number of para-hydroxylation sites is 1. The van der Waals surface area contributed by atoms with Crippen molar-refractivity contribution in [1.82, 2.24) is 9.97 Å². The van der Waals surface area contributed by atoms with Crippen LogP contribution in [0, 0.1) is 0 Å². The summed E-state index contributed by atoms with van der Waals surface area (Å²) in [5, 5.41) is 10.4. The van der Waals surface area contributed by atoms with Crippen molar-refractivity contribution >= 4 is 26.8 Å². The largest absolute Gasteiger partial charge is 0.437 e. The maximum atomic E-state index is 9.47. The Balaban J connectivity index is 2.03. The Kier molecular flexibility index (Phi) is 3.62. The maximum Gasteiger partial charge on any atom is 0.220 e. The van der Waals surface area contributed by atoms with E-state index in [1.54, 1.807) is 18.5 Å². The Labute approximate surface area is 124 Å². The molecule has 4 nitrogen and oxygen atoms in total. The Bertz CT molecular complexity index is 762. The van der Waals surface area contributed by atoms with Crippen LogP contribution in [-0.2, 0) is 6.61 Å². The zero-order chi connectivity index (χ0) is 13.9. The monoisotopic (exact) mass is 330 g/mol. The second-order valence-corrected chi connectivity index (χ2v) is 5.15. The highest BCUT2D eigenvalue weighted by Gasteiger charge is 2.07. The summed E-state index contributed by atoms with van der Waals surface area (Å²) >= 11 is 3.34. The normalized spacial score (nSPS) is 10.7. The van der Waals surface area contributed by atoms with Crippen LogP contribution in [0.4, 0.5) is 0 Å². The van der Waals surface area contributed by atoms with Gasteiger partial charge < -0.3 is 9.84 Å². The molecule has 1 N–H and O–H groups in total. The third-order valence-corrected chi connectivity index (χ3v) is 3.28. The van der Waals surface area contributed by atoms with Crippen LogP contribution in [0.1, 0.15) is 5.56 Å². The fourth-order valence-corrected chi connectivity index (χ4v) is 2.32. The number of hydrogen-bond donors (Lipinski definition) is 1. The van der Waals surface area contributed by atoms with Crippen molar-refractivity contribution in [2.24, 2.45) is 0 Å². The first kappa shape index (κ1) is 13.0. The number of rotatable bonds is 3. The van der Waals surface area contributed by atoms with Crippen LogP contribution in [0.15, 0.2) is 53.3 Å². The lowest BCUT2D eigenvalue weighted by molar-refractivity contribution is 0.282. The highest BCUT2D eigenvalue weighted by molar-refractivity contribution is 9.10. The second kappa shape index (κ2) is 5.56. The number of pyridine rings is 2. The lowest BCUT2D eigenvalue weighted by Crippen LogP contribution is -1.94. The third kappa shape index (κ3) is 2.64. The predicted octanol–water partition coefficient (Wildman–Crippen LogP) is 3.68. The molecule has 3 aromatic rings. The van der Waals surface area contributed by atoms with Gasteiger partial charge >= 0.3 is 0 Å². The summed E-state index contributed by atoms with van der Waals surface area (Å²) in [7, 11) is 0. The molecule has 1 aromatic carbocycles. The molecule has 5 heteroatoms. The van der Waals surface area contributed by atoms with Gasteiger partial charge in [0.05, 0.1) is 18.3 Å². The molecule has 20 heavy (non-hydrogen) atoms. The van der Waals surface area contributed by atoms with E-state index < -0.39 is 0 Å². The molecule has 0 saturated carbocycles. The van der Waals surface area contributed by atoms with Crippen LogP contribution in [0.2, 0.25) is 0 Å². The van der Waals surface area contributed by atoms with Gasteiger partial charge in [0, 0.05) is 22.1 Å². The molecule has 0 aliphatic rings. The van der Waals surface area contributed by atoms with E-state index in [0.29, 0.717) is 11.6 Å². The van der Waals surface area contributed by atoms with Crippen molar-refractivity contribution in [2.75, 3.05) is 0 Å². The Hall–Kier alpha value is -1.98. The van der Waals surface area contributed by atoms with E-state index >= 15 is 0 Å². The number of fused-ring (bicyclic) bond motifs is 1. The smallest absolute Gasteiger partial charge is 0.220 e. The second-order valence-electron chi connectivity index (χ2n) is 4.24. The quantitative estimate of drug-likeness (QED) is 0.795. The van der Waals surface area contributed by atoms with Gasteiger partial charge in [-0.05, 0) is 33.6 Å². The van der Waals surface area contributed by atoms with Gasteiger partial charge in [-0.3, -0.25) is 4.98 Å². The highest BCUT2D eigenvalue weighted by atomic mass is 79.9. The lowest BCUT2D eigenvalue weighted by Gasteiger charge is -2.09. The summed E-state index contributed by atoms with van der Waals surface area (Å²) in [4.78, 5) is 8.47. The first-order chi connectivity index (χ1) is 9.76. The fourth-order valence-electron chi connectivity index (χ4n) is 1.97. The van der Waals surface area contributed by atoms with Crippen LogP contribution in [-0.4, -0.2) is 15.1 Å². The van der Waals surface area contributed by atoms with E-state index in [2.05, 4.69) is 25.9 Å². The minimum Gasteiger partial charge on any atom is -0.437 e. The van der Waals surface area contributed by atoms with Gasteiger partial charge in [-0.1, -0.05) is 18.2 Å². The molecule has 3 rings (SSSR count). The Morgan fingerprint density at radius 1 is 1.15 bits per heavy atom. The molecule has 0 spiro atoms. The molecule has 0 unspecified atom stereocenters. The van der Waals surface area contributed by atoms with Gasteiger partial charge in [-0.2, -0.15) is 0 Å². The van der Waals surface area contributed by atoms with E-state index in [1.807, 2.05) is 30.3 Å². The van der Waals surface area contributed by atoms with Crippen LogP contribution in [0.5, 0.6) is 11.6 Å². The molecule has 0 fully saturated rings. The summed E-state index contributed by atoms with van der Waals surface area (Å²) in [6.07, 6.45) is 3.29. The average Bonchev–Trinajstić information content (AvgIpc) is 2.46. The molecule has 0 amide bonds. The van der Waals surface area contributed by atoms with Crippen molar-refractivity contribution in [3.05, 3.63) is 58.8 Å². The first-order valence-electron chi connectivity index (χ1n) is 6.04. The number of aromatic nitrogens is 2. The molecular weight excluding hydrogens is 320 g/mol. The van der Waals surface area contributed by atoms with Crippen molar-refractivity contribution in [3.8, 4) is 11.6 Å². The van der Waals surface area contributed by atoms with E-state index in [9.17, 15) is 5.11 Å². The third-order valence-electron chi connectivity index (χ3n) is 2.85. The van der Waals surface area contributed by atoms with Crippen molar-refractivity contribution in [3.63, 3.8) is 0 Å². The van der Waals surface area contributed by atoms with Crippen LogP contribution >= 0.6 is 15.9 Å². The predicted molar refractivity (Wildman–Crippen MR) is 79.7 cm³/mol. The molecule has 2 aromatic heterocycles. The molecule has 100 valence electrons. The van der Waals surface area contributed by atoms with Crippen LogP contribution < -0.4 is 4.74 Å². The van der Waals surface area contributed by atoms with Gasteiger partial charge in [0.15, 0.2) is 0 Å². The van der Waals surface area contributed by atoms with Crippen molar-refractivity contribution < 1.29 is 9.84 Å². The topological polar surface area (TPSA) is 55.2 Å². The number of ether oxygens (including phenoxy) is 1. The maximum absolute atomic E-state index is 9.47. The summed E-state index contributed by atoms with van der Waals surface area (Å²) in [5.74, 6) is 1.03. The molecule has 0 atom stereocenters. The molecule has 0 radical (unpaired) electrons. The number of aliphatic hydroxyl groups is 1. The van der Waals surface area contributed by atoms with Crippen molar-refractivity contribution in [2.45, 2.75) is 6.61 Å². The van der Waals surface area contributed by atoms with Gasteiger partial charge in [0.1, 0.15) is 5.75 Å². The minimum absolute atomic E-state index is 0.0594. The highest BCUT2D eigenvalue weighted by Crippen LogP contribution is 2.26. The number of benzene rings is 1. The molecule has 2 heterocycles. The first-order valence-corrected chi connectivity index (χ1v) is 6.83. The van der Waals surface area contributed by atoms with Gasteiger partial charge in [-0.15, -0.1) is 0 Å². The molecule has 0 saturated heterocycles. The van der Waals surface area contributed by atoms with Crippen molar-refractivity contribution in [1.29, 1.82) is 0 Å². The lowest BCUT2D eigenvalue weighted by atomic mass is 10.1. The summed E-state index contributed by atoms with van der Waals surface area (Å²) < 4.78 is 6.53. The standard InChI is InChI=1S/C15H11BrN2O2/c16-11-6-12(8-17-7-11)20-15-5-10(9-19)13-3-1-2-4-14(13)18-15/h1-8,19H,9H2. The number of nitrogens with zero attached hydrogens (tertiary/aromatic N) is 2. The Morgan fingerprint density at radius 2 is 2.00 bits per heavy atom. The van der Waals surface area contributed by atoms with E-state index in [4.69, 9.17) is 4.74 Å². The number of halogens is 1. The zero-order valence-corrected chi connectivity index (χ0v) is 12.0. The molecule has 0 aliphatic carbocycles. The van der Waals surface area contributed by atoms with Crippen LogP contribution in [0.3, 0.4) is 0 Å². The number of aliphatic hydroxyl groups excluding tert-OH is 1. The minimum atomic E-state index is -0.0594. The fraction of sp³-hybridized carbons (Fsp3) is 0.0667. The van der Waals surface area contributed by atoms with E-state index in [0.717, 1.165) is 20.9 Å². The van der Waals surface area contributed by atoms with Gasteiger partial charge in [0.25, 0.3) is 0 Å². The number of hydrogen-bond acceptors (Lipinski definition) is 4. The Morgan fingerprint density at radius 3 is 2.80 bits per heavy atom. The molecule has 0 aliphatic heterocycles. The average molecular weight is 331 g/mol. The summed E-state index contributed by atoms with van der Waals surface area (Å²) in [6, 6.07) is 11.2.